The number of hydrogen-bond acceptors (Lipinski definition) is 12. The number of aromatic nitrogens is 2. The number of H-pyrrole nitrogens is 1. The van der Waals surface area contributed by atoms with Gasteiger partial charge in [0.05, 0.1) is 27.5 Å². The predicted molar refractivity (Wildman–Crippen MR) is 238 cm³/mol. The molecule has 18 heteroatoms. The first-order valence-electron chi connectivity index (χ1n) is 20.9. The van der Waals surface area contributed by atoms with Crippen molar-refractivity contribution in [1.82, 2.24) is 19.6 Å². The van der Waals surface area contributed by atoms with Gasteiger partial charge in [-0.05, 0) is 98.5 Å². The van der Waals surface area contributed by atoms with Gasteiger partial charge < -0.3 is 29.8 Å². The maximum Gasteiger partial charge on any atom is 0.306 e. The summed E-state index contributed by atoms with van der Waals surface area (Å²) < 4.78 is 41.1. The number of piperazine rings is 1. The number of nitro benzene ring substituents is 1. The SMILES string of the molecule is O=C(NS(=O)(=O)c1ccc(NCC2CCOCC2)c([N+](=O)[O-])c1)c1ccc(N2CCN(CC3=C(Cc4ccc(Cl)cc4)CCC(C(=O)O)C3)CC2)cc1Oc1cnc2[nH]ccc2c1. The molecule has 0 spiro atoms. The molecular formula is C45H48ClN7O9S. The first-order chi connectivity index (χ1) is 30.4. The van der Waals surface area contributed by atoms with E-state index in [2.05, 4.69) is 29.8 Å². The van der Waals surface area contributed by atoms with E-state index in [0.717, 1.165) is 48.4 Å². The van der Waals surface area contributed by atoms with E-state index in [1.807, 2.05) is 30.3 Å². The molecule has 5 aromatic rings. The first kappa shape index (κ1) is 43.6. The van der Waals surface area contributed by atoms with Crippen molar-refractivity contribution in [1.29, 1.82) is 0 Å². The molecule has 1 unspecified atom stereocenters. The van der Waals surface area contributed by atoms with Crippen LogP contribution in [0.25, 0.3) is 11.0 Å². The molecule has 3 aromatic carbocycles. The van der Waals surface area contributed by atoms with E-state index in [4.69, 9.17) is 21.1 Å². The first-order valence-corrected chi connectivity index (χ1v) is 22.8. The van der Waals surface area contributed by atoms with Crippen molar-refractivity contribution in [3.8, 4) is 11.5 Å². The number of rotatable bonds is 15. The zero-order chi connectivity index (χ0) is 44.1. The summed E-state index contributed by atoms with van der Waals surface area (Å²) in [5.41, 5.74) is 4.61. The zero-order valence-electron chi connectivity index (χ0n) is 34.4. The average Bonchev–Trinajstić information content (AvgIpc) is 3.75. The Balaban J connectivity index is 0.995. The van der Waals surface area contributed by atoms with Gasteiger partial charge in [0.2, 0.25) is 0 Å². The van der Waals surface area contributed by atoms with Crippen LogP contribution < -0.4 is 19.7 Å². The third kappa shape index (κ3) is 10.6. The van der Waals surface area contributed by atoms with Crippen LogP contribution in [0, 0.1) is 22.0 Å². The monoisotopic (exact) mass is 897 g/mol. The van der Waals surface area contributed by atoms with Gasteiger partial charge in [-0.2, -0.15) is 0 Å². The zero-order valence-corrected chi connectivity index (χ0v) is 36.0. The topological polar surface area (TPSA) is 209 Å². The number of carbonyl (C=O) groups excluding carboxylic acids is 1. The summed E-state index contributed by atoms with van der Waals surface area (Å²) in [6, 6.07) is 19.7. The molecule has 2 fully saturated rings. The molecule has 2 aromatic heterocycles. The highest BCUT2D eigenvalue weighted by Crippen LogP contribution is 2.35. The Hall–Kier alpha value is -6.01. The molecule has 2 saturated heterocycles. The van der Waals surface area contributed by atoms with Crippen molar-refractivity contribution < 1.29 is 37.5 Å². The molecule has 63 heavy (non-hydrogen) atoms. The van der Waals surface area contributed by atoms with Crippen molar-refractivity contribution in [3.63, 3.8) is 0 Å². The number of halogens is 1. The van der Waals surface area contributed by atoms with Crippen LogP contribution in [-0.4, -0.2) is 97.7 Å². The Morgan fingerprint density at radius 3 is 2.51 bits per heavy atom. The number of nitro groups is 1. The maximum atomic E-state index is 13.9. The minimum atomic E-state index is -4.59. The lowest BCUT2D eigenvalue weighted by molar-refractivity contribution is -0.384. The van der Waals surface area contributed by atoms with Crippen LogP contribution in [0.5, 0.6) is 11.5 Å². The molecule has 3 aliphatic rings. The van der Waals surface area contributed by atoms with Gasteiger partial charge in [0.1, 0.15) is 22.8 Å². The highest BCUT2D eigenvalue weighted by Gasteiger charge is 2.30. The number of amides is 1. The molecule has 4 N–H and O–H groups in total. The average molecular weight is 898 g/mol. The summed E-state index contributed by atoms with van der Waals surface area (Å²) in [5, 5.41) is 26.5. The van der Waals surface area contributed by atoms with Crippen LogP contribution in [-0.2, 0) is 26.0 Å². The standard InChI is InChI=1S/C45H48ClN7O9S/c46-35-5-1-29(2-6-35)21-31-3-4-33(45(55)56)22-34(31)28-51-15-17-52(18-16-51)36-7-9-39(42(24-36)62-37-23-32-11-14-47-43(32)49-27-37)44(54)50-63(59,60)38-8-10-40(41(25-38)53(57)58)48-26-30-12-19-61-20-13-30/h1-2,5-11,14,23-25,27,30,33,48H,3-4,12-13,15-22,26,28H2,(H,47,49)(H,50,54)(H,55,56). The van der Waals surface area contributed by atoms with E-state index < -0.39 is 43.3 Å². The summed E-state index contributed by atoms with van der Waals surface area (Å²) in [5.74, 6) is -1.52. The lowest BCUT2D eigenvalue weighted by Crippen LogP contribution is -2.47. The largest absolute Gasteiger partial charge is 0.481 e. The Bertz CT molecular complexity index is 2640. The number of anilines is 2. The van der Waals surface area contributed by atoms with E-state index in [9.17, 15) is 33.2 Å². The van der Waals surface area contributed by atoms with Crippen molar-refractivity contribution >= 4 is 61.6 Å². The van der Waals surface area contributed by atoms with Gasteiger partial charge in [0, 0.05) is 86.9 Å². The molecule has 16 nitrogen and oxygen atoms in total. The minimum Gasteiger partial charge on any atom is -0.481 e. The van der Waals surface area contributed by atoms with Crippen LogP contribution in [0.15, 0.2) is 101 Å². The number of fused-ring (bicyclic) bond motifs is 1. The fraction of sp³-hybridized carbons (Fsp3) is 0.356. The van der Waals surface area contributed by atoms with Crippen LogP contribution >= 0.6 is 11.6 Å². The van der Waals surface area contributed by atoms with Crippen LogP contribution in [0.1, 0.15) is 48.0 Å². The molecule has 0 saturated carbocycles. The molecular weight excluding hydrogens is 850 g/mol. The number of aromatic amines is 1. The number of nitrogens with one attached hydrogen (secondary N) is 3. The lowest BCUT2D eigenvalue weighted by Gasteiger charge is -2.38. The van der Waals surface area contributed by atoms with Gasteiger partial charge in [-0.1, -0.05) is 34.9 Å². The fourth-order valence-corrected chi connectivity index (χ4v) is 9.57. The van der Waals surface area contributed by atoms with Gasteiger partial charge in [-0.15, -0.1) is 0 Å². The quantitative estimate of drug-likeness (QED) is 0.0459. The maximum absolute atomic E-state index is 13.9. The summed E-state index contributed by atoms with van der Waals surface area (Å²) in [4.78, 5) is 48.8. The third-order valence-corrected chi connectivity index (χ3v) is 13.6. The molecule has 4 heterocycles. The van der Waals surface area contributed by atoms with E-state index in [1.54, 1.807) is 24.4 Å². The number of hydrogen-bond donors (Lipinski definition) is 4. The summed E-state index contributed by atoms with van der Waals surface area (Å²) in [7, 11) is -4.59. The number of aliphatic carboxylic acids is 1. The molecule has 1 amide bonds. The van der Waals surface area contributed by atoms with Gasteiger partial charge in [0.15, 0.2) is 0 Å². The minimum absolute atomic E-state index is 0.0789. The number of benzene rings is 3. The Morgan fingerprint density at radius 1 is 0.984 bits per heavy atom. The van der Waals surface area contributed by atoms with Crippen LogP contribution in [0.4, 0.5) is 17.1 Å². The molecule has 0 bridgehead atoms. The summed E-state index contributed by atoms with van der Waals surface area (Å²) in [6.07, 6.45) is 7.45. The van der Waals surface area contributed by atoms with E-state index in [1.165, 1.54) is 35.5 Å². The van der Waals surface area contributed by atoms with Crippen molar-refractivity contribution in [2.24, 2.45) is 11.8 Å². The molecule has 0 radical (unpaired) electrons. The smallest absolute Gasteiger partial charge is 0.306 e. The number of carbonyl (C=O) groups is 2. The third-order valence-electron chi connectivity index (χ3n) is 12.1. The molecule has 330 valence electrons. The number of carboxylic acid groups (broad SMARTS) is 1. The second-order valence-corrected chi connectivity index (χ2v) is 18.3. The molecule has 1 aliphatic carbocycles. The number of carboxylic acids is 1. The van der Waals surface area contributed by atoms with Crippen LogP contribution in [0.3, 0.4) is 0 Å². The van der Waals surface area contributed by atoms with E-state index in [0.29, 0.717) is 81.7 Å². The second kappa shape index (κ2) is 19.2. The van der Waals surface area contributed by atoms with Crippen LogP contribution in [0.2, 0.25) is 5.02 Å². The van der Waals surface area contributed by atoms with Gasteiger partial charge in [0.25, 0.3) is 21.6 Å². The fourth-order valence-electron chi connectivity index (χ4n) is 8.45. The number of pyridine rings is 1. The van der Waals surface area contributed by atoms with Crippen molar-refractivity contribution in [2.75, 3.05) is 62.7 Å². The summed E-state index contributed by atoms with van der Waals surface area (Å²) in [6.45, 7) is 4.98. The number of sulfonamides is 1. The molecule has 1 atom stereocenters. The number of nitrogens with zero attached hydrogens (tertiary/aromatic N) is 4. The number of ether oxygens (including phenoxy) is 2. The predicted octanol–water partition coefficient (Wildman–Crippen LogP) is 7.42. The van der Waals surface area contributed by atoms with Gasteiger partial charge >= 0.3 is 5.97 Å². The van der Waals surface area contributed by atoms with Gasteiger partial charge in [-0.3, -0.25) is 24.6 Å². The number of allylic oxidation sites excluding steroid dienone is 1. The Labute approximate surface area is 369 Å². The highest BCUT2D eigenvalue weighted by molar-refractivity contribution is 7.90. The Kier molecular flexibility index (Phi) is 13.3. The van der Waals surface area contributed by atoms with Gasteiger partial charge in [-0.25, -0.2) is 18.1 Å². The lowest BCUT2D eigenvalue weighted by atomic mass is 9.81. The van der Waals surface area contributed by atoms with Crippen molar-refractivity contribution in [2.45, 2.75) is 43.4 Å². The van der Waals surface area contributed by atoms with E-state index in [-0.39, 0.29) is 22.9 Å². The molecule has 2 aliphatic heterocycles. The van der Waals surface area contributed by atoms with E-state index >= 15 is 0 Å². The molecule has 8 rings (SSSR count). The normalized spacial score (nSPS) is 17.7. The Morgan fingerprint density at radius 2 is 1.76 bits per heavy atom. The summed E-state index contributed by atoms with van der Waals surface area (Å²) >= 11 is 6.13. The second-order valence-electron chi connectivity index (χ2n) is 16.2. The highest BCUT2D eigenvalue weighted by atomic mass is 35.5. The van der Waals surface area contributed by atoms with Crippen molar-refractivity contribution in [3.05, 3.63) is 123 Å².